The van der Waals surface area contributed by atoms with Crippen molar-refractivity contribution < 1.29 is 18.8 Å². The summed E-state index contributed by atoms with van der Waals surface area (Å²) in [4.78, 5) is 37.7. The molecule has 3 rings (SSSR count). The highest BCUT2D eigenvalue weighted by Gasteiger charge is 2.36. The van der Waals surface area contributed by atoms with E-state index in [9.17, 15) is 14.4 Å². The second-order valence-corrected chi connectivity index (χ2v) is 7.85. The highest BCUT2D eigenvalue weighted by molar-refractivity contribution is 14.1. The molecule has 2 aromatic rings. The molecular weight excluding hydrogens is 523 g/mol. The number of carbonyl (C=O) groups is 3. The van der Waals surface area contributed by atoms with Crippen LogP contribution in [-0.4, -0.2) is 28.5 Å². The van der Waals surface area contributed by atoms with Crippen molar-refractivity contribution in [3.63, 3.8) is 0 Å². The zero-order valence-electron chi connectivity index (χ0n) is 12.5. The van der Waals surface area contributed by atoms with Gasteiger partial charge in [-0.15, -0.1) is 0 Å². The van der Waals surface area contributed by atoms with Gasteiger partial charge in [0.2, 0.25) is 5.91 Å². The number of hydrogen-bond donors (Lipinski definition) is 1. The van der Waals surface area contributed by atoms with Gasteiger partial charge in [0, 0.05) is 10.5 Å². The molecule has 25 heavy (non-hydrogen) atoms. The normalized spacial score (nSPS) is 15.9. The van der Waals surface area contributed by atoms with Crippen molar-refractivity contribution in [1.29, 1.82) is 0 Å². The molecule has 1 fully saturated rings. The lowest BCUT2D eigenvalue weighted by molar-refractivity contribution is -0.127. The molecule has 0 aliphatic carbocycles. The number of benzene rings is 1. The van der Waals surface area contributed by atoms with E-state index in [1.807, 2.05) is 28.7 Å². The van der Waals surface area contributed by atoms with Crippen LogP contribution in [0.5, 0.6) is 0 Å². The molecule has 2 heterocycles. The number of furan rings is 1. The Labute approximate surface area is 169 Å². The number of halogens is 2. The fourth-order valence-corrected chi connectivity index (χ4v) is 3.70. The summed E-state index contributed by atoms with van der Waals surface area (Å²) >= 11 is 6.12. The van der Waals surface area contributed by atoms with Crippen molar-refractivity contribution in [2.45, 2.75) is 0 Å². The Morgan fingerprint density at radius 1 is 1.28 bits per heavy atom. The molecule has 1 aliphatic rings. The lowest BCUT2D eigenvalue weighted by Crippen LogP contribution is -2.36. The average Bonchev–Trinajstić information content (AvgIpc) is 3.08. The van der Waals surface area contributed by atoms with E-state index in [2.05, 4.69) is 21.2 Å². The van der Waals surface area contributed by atoms with E-state index >= 15 is 0 Å². The topological polar surface area (TPSA) is 79.6 Å². The maximum atomic E-state index is 12.4. The highest BCUT2D eigenvalue weighted by atomic mass is 127. The van der Waals surface area contributed by atoms with Crippen molar-refractivity contribution >= 4 is 79.1 Å². The minimum absolute atomic E-state index is 0.226. The molecule has 1 aromatic heterocycles. The summed E-state index contributed by atoms with van der Waals surface area (Å²) in [5, 5.41) is 2.18. The van der Waals surface area contributed by atoms with Crippen molar-refractivity contribution in [3.8, 4) is 0 Å². The van der Waals surface area contributed by atoms with Crippen molar-refractivity contribution in [3.05, 3.63) is 55.3 Å². The first-order valence-electron chi connectivity index (χ1n) is 6.99. The van der Waals surface area contributed by atoms with Gasteiger partial charge in [-0.25, -0.2) is 0 Å². The van der Waals surface area contributed by atoms with Crippen LogP contribution in [0.15, 0.2) is 50.2 Å². The first-order valence-corrected chi connectivity index (χ1v) is 9.68. The molecule has 0 radical (unpaired) electrons. The fraction of sp³-hybridized carbons (Fsp3) is 0.0625. The number of thioether (sulfide) groups is 1. The van der Waals surface area contributed by atoms with Gasteiger partial charge in [0.05, 0.1) is 10.6 Å². The lowest BCUT2D eigenvalue weighted by atomic mass is 10.3. The SMILES string of the molecule is O=C(CN1C(=O)S/C(=C\c2ccc(I)o2)C1=O)Nc1ccccc1Br. The largest absolute Gasteiger partial charge is 0.451 e. The summed E-state index contributed by atoms with van der Waals surface area (Å²) in [6, 6.07) is 10.5. The molecule has 1 N–H and O–H groups in total. The zero-order valence-corrected chi connectivity index (χ0v) is 17.1. The van der Waals surface area contributed by atoms with Crippen LogP contribution < -0.4 is 5.32 Å². The molecule has 0 spiro atoms. The van der Waals surface area contributed by atoms with E-state index in [1.165, 1.54) is 6.08 Å². The molecule has 0 atom stereocenters. The molecule has 1 aromatic carbocycles. The van der Waals surface area contributed by atoms with E-state index in [0.29, 0.717) is 19.7 Å². The first-order chi connectivity index (χ1) is 11.9. The van der Waals surface area contributed by atoms with Crippen LogP contribution in [-0.2, 0) is 9.59 Å². The third-order valence-corrected chi connectivity index (χ3v) is 5.37. The molecule has 128 valence electrons. The maximum Gasteiger partial charge on any atom is 0.294 e. The van der Waals surface area contributed by atoms with E-state index in [1.54, 1.807) is 30.3 Å². The van der Waals surface area contributed by atoms with E-state index < -0.39 is 17.1 Å². The highest BCUT2D eigenvalue weighted by Crippen LogP contribution is 2.32. The van der Waals surface area contributed by atoms with Gasteiger partial charge in [0.1, 0.15) is 12.3 Å². The molecule has 0 saturated carbocycles. The molecule has 6 nitrogen and oxygen atoms in total. The van der Waals surface area contributed by atoms with Gasteiger partial charge < -0.3 is 9.73 Å². The molecule has 1 saturated heterocycles. The Hall–Kier alpha value is -1.59. The van der Waals surface area contributed by atoms with Crippen LogP contribution in [0.2, 0.25) is 0 Å². The predicted molar refractivity (Wildman–Crippen MR) is 107 cm³/mol. The van der Waals surface area contributed by atoms with Gasteiger partial charge in [-0.1, -0.05) is 12.1 Å². The monoisotopic (exact) mass is 532 g/mol. The number of carbonyl (C=O) groups excluding carboxylic acids is 3. The quantitative estimate of drug-likeness (QED) is 0.468. The van der Waals surface area contributed by atoms with E-state index in [0.717, 1.165) is 16.7 Å². The molecule has 9 heteroatoms. The van der Waals surface area contributed by atoms with Gasteiger partial charge in [-0.05, 0) is 74.5 Å². The number of imide groups is 1. The first kappa shape index (κ1) is 18.2. The number of hydrogen-bond acceptors (Lipinski definition) is 5. The summed E-state index contributed by atoms with van der Waals surface area (Å²) in [7, 11) is 0. The number of nitrogens with zero attached hydrogens (tertiary/aromatic N) is 1. The number of para-hydroxylation sites is 1. The summed E-state index contributed by atoms with van der Waals surface area (Å²) in [5.74, 6) is -0.487. The molecule has 3 amide bonds. The van der Waals surface area contributed by atoms with Crippen molar-refractivity contribution in [2.24, 2.45) is 0 Å². The minimum atomic E-state index is -0.510. The fourth-order valence-electron chi connectivity index (χ4n) is 2.07. The molecule has 1 aliphatic heterocycles. The Morgan fingerprint density at radius 2 is 2.04 bits per heavy atom. The molecule has 0 unspecified atom stereocenters. The third-order valence-electron chi connectivity index (χ3n) is 3.19. The van der Waals surface area contributed by atoms with E-state index in [-0.39, 0.29) is 11.4 Å². The smallest absolute Gasteiger partial charge is 0.294 e. The van der Waals surface area contributed by atoms with Gasteiger partial charge in [-0.2, -0.15) is 0 Å². The standard InChI is InChI=1S/C16H10BrIN2O4S/c17-10-3-1-2-4-11(10)19-14(21)8-20-15(22)12(25-16(20)23)7-9-5-6-13(18)24-9/h1-7H,8H2,(H,19,21)/b12-7-. The van der Waals surface area contributed by atoms with Crippen LogP contribution in [0.4, 0.5) is 10.5 Å². The predicted octanol–water partition coefficient (Wildman–Crippen LogP) is 4.32. The Balaban J connectivity index is 1.69. The van der Waals surface area contributed by atoms with Gasteiger partial charge in [0.25, 0.3) is 11.1 Å². The lowest BCUT2D eigenvalue weighted by Gasteiger charge is -2.13. The summed E-state index contributed by atoms with van der Waals surface area (Å²) < 4.78 is 6.76. The average molecular weight is 533 g/mol. The van der Waals surface area contributed by atoms with Crippen molar-refractivity contribution in [2.75, 3.05) is 11.9 Å². The zero-order chi connectivity index (χ0) is 18.0. The number of amides is 3. The number of rotatable bonds is 4. The Bertz CT molecular complexity index is 896. The number of nitrogens with one attached hydrogen (secondary N) is 1. The second kappa shape index (κ2) is 7.75. The summed E-state index contributed by atoms with van der Waals surface area (Å²) in [6.07, 6.45) is 1.50. The van der Waals surface area contributed by atoms with Crippen LogP contribution in [0.3, 0.4) is 0 Å². The van der Waals surface area contributed by atoms with Crippen LogP contribution in [0, 0.1) is 3.77 Å². The van der Waals surface area contributed by atoms with E-state index in [4.69, 9.17) is 4.42 Å². The van der Waals surface area contributed by atoms with Crippen LogP contribution in [0.1, 0.15) is 5.76 Å². The Morgan fingerprint density at radius 3 is 2.72 bits per heavy atom. The maximum absolute atomic E-state index is 12.4. The Kier molecular flexibility index (Phi) is 5.64. The molecule has 0 bridgehead atoms. The van der Waals surface area contributed by atoms with Gasteiger partial charge in [-0.3, -0.25) is 19.3 Å². The third kappa shape index (κ3) is 4.33. The van der Waals surface area contributed by atoms with Crippen molar-refractivity contribution in [1.82, 2.24) is 4.90 Å². The van der Waals surface area contributed by atoms with Gasteiger partial charge >= 0.3 is 0 Å². The number of anilines is 1. The second-order valence-electron chi connectivity index (χ2n) is 4.94. The van der Waals surface area contributed by atoms with Gasteiger partial charge in [0.15, 0.2) is 3.77 Å². The summed E-state index contributed by atoms with van der Waals surface area (Å²) in [5.41, 5.74) is 0.570. The van der Waals surface area contributed by atoms with Crippen LogP contribution >= 0.6 is 50.3 Å². The molecular formula is C16H10BrIN2O4S. The van der Waals surface area contributed by atoms with Crippen LogP contribution in [0.25, 0.3) is 6.08 Å². The summed E-state index contributed by atoms with van der Waals surface area (Å²) in [6.45, 7) is -0.348. The minimum Gasteiger partial charge on any atom is -0.451 e.